The van der Waals surface area contributed by atoms with Gasteiger partial charge < -0.3 is 4.74 Å². The summed E-state index contributed by atoms with van der Waals surface area (Å²) in [6.07, 6.45) is 11.4. The predicted octanol–water partition coefficient (Wildman–Crippen LogP) is 3.42. The molecule has 3 nitrogen and oxygen atoms in total. The van der Waals surface area contributed by atoms with Crippen LogP contribution in [0.1, 0.15) is 39.0 Å². The van der Waals surface area contributed by atoms with Crippen LogP contribution in [0, 0.1) is 0 Å². The highest BCUT2D eigenvalue weighted by molar-refractivity contribution is 5.11. The van der Waals surface area contributed by atoms with Crippen LogP contribution in [0.15, 0.2) is 25.0 Å². The first kappa shape index (κ1) is 12.8. The highest BCUT2D eigenvalue weighted by Gasteiger charge is 1.98. The Morgan fingerprint density at radius 1 is 1.44 bits per heavy atom. The fourth-order valence-corrected chi connectivity index (χ4v) is 1.53. The number of aromatic nitrogens is 2. The minimum absolute atomic E-state index is 0.787. The Bertz CT molecular complexity index is 294. The number of allylic oxidation sites excluding steroid dienone is 1. The summed E-state index contributed by atoms with van der Waals surface area (Å²) in [7, 11) is 0. The first-order chi connectivity index (χ1) is 7.86. The van der Waals surface area contributed by atoms with E-state index >= 15 is 0 Å². The molecule has 0 spiro atoms. The summed E-state index contributed by atoms with van der Waals surface area (Å²) in [5.41, 5.74) is 0. The van der Waals surface area contributed by atoms with Crippen molar-refractivity contribution in [1.82, 2.24) is 9.78 Å². The van der Waals surface area contributed by atoms with E-state index in [0.29, 0.717) is 0 Å². The molecular formula is C13H22N2O. The van der Waals surface area contributed by atoms with Gasteiger partial charge in [-0.2, -0.15) is 5.10 Å². The molecule has 0 N–H and O–H groups in total. The quantitative estimate of drug-likeness (QED) is 0.473. The molecule has 0 fully saturated rings. The second-order valence-electron chi connectivity index (χ2n) is 3.93. The summed E-state index contributed by atoms with van der Waals surface area (Å²) in [5, 5.41) is 4.21. The molecule has 1 aromatic rings. The van der Waals surface area contributed by atoms with Gasteiger partial charge in [0.05, 0.1) is 19.0 Å². The number of hydrogen-bond donors (Lipinski definition) is 0. The molecule has 0 aliphatic carbocycles. The molecule has 3 heteroatoms. The monoisotopic (exact) mass is 222 g/mol. The Labute approximate surface area is 98.1 Å². The summed E-state index contributed by atoms with van der Waals surface area (Å²) in [6, 6.07) is 0. The third-order valence-corrected chi connectivity index (χ3v) is 2.38. The molecule has 16 heavy (non-hydrogen) atoms. The Morgan fingerprint density at radius 2 is 2.31 bits per heavy atom. The van der Waals surface area contributed by atoms with E-state index in [4.69, 9.17) is 4.74 Å². The van der Waals surface area contributed by atoms with Gasteiger partial charge in [-0.05, 0) is 32.1 Å². The van der Waals surface area contributed by atoms with Crippen molar-refractivity contribution in [2.75, 3.05) is 6.61 Å². The first-order valence-corrected chi connectivity index (χ1v) is 6.13. The third-order valence-electron chi connectivity index (χ3n) is 2.38. The molecule has 1 rings (SSSR count). The maximum atomic E-state index is 5.60. The van der Waals surface area contributed by atoms with E-state index in [0.717, 1.165) is 38.2 Å². The normalized spacial score (nSPS) is 10.3. The predicted molar refractivity (Wildman–Crippen MR) is 66.7 cm³/mol. The Kier molecular flexibility index (Phi) is 6.38. The van der Waals surface area contributed by atoms with Crippen LogP contribution in [0.4, 0.5) is 0 Å². The van der Waals surface area contributed by atoms with E-state index < -0.39 is 0 Å². The van der Waals surface area contributed by atoms with Crippen molar-refractivity contribution >= 4 is 0 Å². The molecule has 0 saturated carbocycles. The fourth-order valence-electron chi connectivity index (χ4n) is 1.53. The highest BCUT2D eigenvalue weighted by Crippen LogP contribution is 2.10. The topological polar surface area (TPSA) is 27.1 Å². The molecule has 1 heterocycles. The van der Waals surface area contributed by atoms with E-state index in [2.05, 4.69) is 18.6 Å². The summed E-state index contributed by atoms with van der Waals surface area (Å²) in [6.45, 7) is 7.59. The minimum atomic E-state index is 0.787. The number of ether oxygens (including phenoxy) is 1. The van der Waals surface area contributed by atoms with Crippen molar-refractivity contribution in [3.63, 3.8) is 0 Å². The van der Waals surface area contributed by atoms with Gasteiger partial charge in [0.2, 0.25) is 0 Å². The van der Waals surface area contributed by atoms with Crippen LogP contribution in [0.2, 0.25) is 0 Å². The average Bonchev–Trinajstić information content (AvgIpc) is 2.72. The van der Waals surface area contributed by atoms with Gasteiger partial charge in [-0.15, -0.1) is 6.58 Å². The minimum Gasteiger partial charge on any atom is -0.490 e. The number of nitrogens with zero attached hydrogens (tertiary/aromatic N) is 2. The van der Waals surface area contributed by atoms with Gasteiger partial charge in [0.25, 0.3) is 0 Å². The lowest BCUT2D eigenvalue weighted by Gasteiger charge is -2.02. The van der Waals surface area contributed by atoms with E-state index in [1.807, 2.05) is 17.0 Å². The van der Waals surface area contributed by atoms with Gasteiger partial charge in [-0.3, -0.25) is 4.68 Å². The maximum absolute atomic E-state index is 5.60. The summed E-state index contributed by atoms with van der Waals surface area (Å²) < 4.78 is 7.53. The van der Waals surface area contributed by atoms with Crippen molar-refractivity contribution in [3.8, 4) is 5.75 Å². The van der Waals surface area contributed by atoms with Crippen molar-refractivity contribution in [1.29, 1.82) is 0 Å². The molecule has 0 aromatic carbocycles. The molecular weight excluding hydrogens is 200 g/mol. The molecule has 0 amide bonds. The van der Waals surface area contributed by atoms with Crippen molar-refractivity contribution in [3.05, 3.63) is 25.0 Å². The molecule has 0 aliphatic rings. The lowest BCUT2D eigenvalue weighted by molar-refractivity contribution is 0.305. The van der Waals surface area contributed by atoms with Crippen molar-refractivity contribution < 1.29 is 4.74 Å². The lowest BCUT2D eigenvalue weighted by Crippen LogP contribution is -1.97. The number of aryl methyl sites for hydroxylation is 1. The van der Waals surface area contributed by atoms with Gasteiger partial charge in [0.15, 0.2) is 5.75 Å². The van der Waals surface area contributed by atoms with E-state index in [1.165, 1.54) is 12.8 Å². The van der Waals surface area contributed by atoms with E-state index in [1.54, 1.807) is 6.20 Å². The standard InChI is InChI=1S/C13H22N2O/c1-3-5-6-7-8-10-16-13-11-14-15(12-13)9-4-2/h3,11-12H,1,4-10H2,2H3. The Balaban J connectivity index is 2.09. The molecule has 90 valence electrons. The zero-order chi connectivity index (χ0) is 11.6. The zero-order valence-electron chi connectivity index (χ0n) is 10.2. The lowest BCUT2D eigenvalue weighted by atomic mass is 10.2. The van der Waals surface area contributed by atoms with E-state index in [-0.39, 0.29) is 0 Å². The maximum Gasteiger partial charge on any atom is 0.157 e. The summed E-state index contributed by atoms with van der Waals surface area (Å²) >= 11 is 0. The SMILES string of the molecule is C=CCCCCCOc1cnn(CCC)c1. The number of rotatable bonds is 9. The van der Waals surface area contributed by atoms with Crippen molar-refractivity contribution in [2.24, 2.45) is 0 Å². The van der Waals surface area contributed by atoms with Gasteiger partial charge >= 0.3 is 0 Å². The van der Waals surface area contributed by atoms with Crippen LogP contribution < -0.4 is 4.74 Å². The van der Waals surface area contributed by atoms with Crippen LogP contribution in [0.25, 0.3) is 0 Å². The Hall–Kier alpha value is -1.25. The molecule has 0 saturated heterocycles. The van der Waals surface area contributed by atoms with Gasteiger partial charge in [-0.1, -0.05) is 13.0 Å². The highest BCUT2D eigenvalue weighted by atomic mass is 16.5. The largest absolute Gasteiger partial charge is 0.490 e. The first-order valence-electron chi connectivity index (χ1n) is 6.13. The van der Waals surface area contributed by atoms with Crippen LogP contribution >= 0.6 is 0 Å². The molecule has 0 bridgehead atoms. The average molecular weight is 222 g/mol. The second-order valence-corrected chi connectivity index (χ2v) is 3.93. The molecule has 0 unspecified atom stereocenters. The van der Waals surface area contributed by atoms with Crippen LogP contribution in [-0.4, -0.2) is 16.4 Å². The Morgan fingerprint density at radius 3 is 3.06 bits per heavy atom. The van der Waals surface area contributed by atoms with Gasteiger partial charge in [0.1, 0.15) is 0 Å². The van der Waals surface area contributed by atoms with E-state index in [9.17, 15) is 0 Å². The smallest absolute Gasteiger partial charge is 0.157 e. The van der Waals surface area contributed by atoms with Crippen LogP contribution in [-0.2, 0) is 6.54 Å². The molecule has 0 atom stereocenters. The van der Waals surface area contributed by atoms with Gasteiger partial charge in [-0.25, -0.2) is 0 Å². The molecule has 0 aliphatic heterocycles. The van der Waals surface area contributed by atoms with Crippen LogP contribution in [0.3, 0.4) is 0 Å². The fraction of sp³-hybridized carbons (Fsp3) is 0.615. The number of hydrogen-bond acceptors (Lipinski definition) is 2. The zero-order valence-corrected chi connectivity index (χ0v) is 10.2. The summed E-state index contributed by atoms with van der Waals surface area (Å²) in [4.78, 5) is 0. The van der Waals surface area contributed by atoms with Crippen molar-refractivity contribution in [2.45, 2.75) is 45.6 Å². The molecule has 0 radical (unpaired) electrons. The van der Waals surface area contributed by atoms with Crippen LogP contribution in [0.5, 0.6) is 5.75 Å². The number of unbranched alkanes of at least 4 members (excludes halogenated alkanes) is 3. The third kappa shape index (κ3) is 5.01. The second kappa shape index (κ2) is 7.97. The summed E-state index contributed by atoms with van der Waals surface area (Å²) in [5.74, 6) is 0.886. The molecule has 1 aromatic heterocycles. The van der Waals surface area contributed by atoms with Gasteiger partial charge in [0, 0.05) is 6.54 Å².